The smallest absolute Gasteiger partial charge is 0.265 e. The van der Waals surface area contributed by atoms with E-state index in [9.17, 15) is 18.3 Å². The van der Waals surface area contributed by atoms with Gasteiger partial charge in [-0.1, -0.05) is 67.9 Å². The van der Waals surface area contributed by atoms with Crippen LogP contribution in [0.1, 0.15) is 47.9 Å². The molecule has 37 heavy (non-hydrogen) atoms. The zero-order chi connectivity index (χ0) is 27.0. The Morgan fingerprint density at radius 1 is 1.03 bits per heavy atom. The van der Waals surface area contributed by atoms with Crippen LogP contribution in [0.15, 0.2) is 71.6 Å². The number of hydrogen-bond acceptors (Lipinski definition) is 6. The third kappa shape index (κ3) is 9.47. The molecule has 9 heteroatoms. The number of hydrogen-bond donors (Lipinski definition) is 3. The number of sulfonamides is 1. The van der Waals surface area contributed by atoms with Crippen molar-refractivity contribution in [2.75, 3.05) is 19.3 Å². The van der Waals surface area contributed by atoms with Gasteiger partial charge in [0.25, 0.3) is 5.91 Å². The van der Waals surface area contributed by atoms with Crippen molar-refractivity contribution in [1.29, 1.82) is 0 Å². The second kappa shape index (κ2) is 13.4. The van der Waals surface area contributed by atoms with Crippen LogP contribution in [0.4, 0.5) is 0 Å². The highest BCUT2D eigenvalue weighted by molar-refractivity contribution is 8.00. The summed E-state index contributed by atoms with van der Waals surface area (Å²) >= 11 is 7.51. The number of thioether (sulfide) groups is 1. The molecule has 0 aromatic heterocycles. The van der Waals surface area contributed by atoms with Gasteiger partial charge in [-0.15, -0.1) is 11.8 Å². The Labute approximate surface area is 228 Å². The van der Waals surface area contributed by atoms with Gasteiger partial charge in [0.2, 0.25) is 10.0 Å². The Bertz CT molecular complexity index is 1310. The zero-order valence-electron chi connectivity index (χ0n) is 21.2. The largest absolute Gasteiger partial charge is 0.387 e. The summed E-state index contributed by atoms with van der Waals surface area (Å²) < 4.78 is 25.1. The van der Waals surface area contributed by atoms with Crippen molar-refractivity contribution in [3.8, 4) is 11.1 Å². The minimum atomic E-state index is -3.64. The second-order valence-electron chi connectivity index (χ2n) is 9.16. The van der Waals surface area contributed by atoms with E-state index in [4.69, 9.17) is 11.6 Å². The van der Waals surface area contributed by atoms with Gasteiger partial charge < -0.3 is 10.4 Å². The Balaban J connectivity index is 1.57. The topological polar surface area (TPSA) is 95.5 Å². The molecule has 6 nitrogen and oxygen atoms in total. The van der Waals surface area contributed by atoms with Crippen LogP contribution < -0.4 is 10.0 Å². The molecule has 0 aliphatic carbocycles. The zero-order valence-corrected chi connectivity index (χ0v) is 23.6. The SMILES string of the molecule is CC(C)Sc1cc(-c2ccc(CCCNC[C@H](O)c3cccc(Cl)c3)cc2)ccc1C(=O)NS(C)(=O)=O. The summed E-state index contributed by atoms with van der Waals surface area (Å²) in [5, 5.41) is 14.4. The van der Waals surface area contributed by atoms with Crippen molar-refractivity contribution in [2.24, 2.45) is 0 Å². The molecule has 0 saturated heterocycles. The number of amides is 1. The number of halogens is 1. The molecule has 0 fully saturated rings. The van der Waals surface area contributed by atoms with E-state index in [-0.39, 0.29) is 5.25 Å². The summed E-state index contributed by atoms with van der Waals surface area (Å²) in [4.78, 5) is 13.2. The third-order valence-electron chi connectivity index (χ3n) is 5.54. The van der Waals surface area contributed by atoms with Gasteiger partial charge in [0.15, 0.2) is 0 Å². The van der Waals surface area contributed by atoms with E-state index in [0.29, 0.717) is 17.1 Å². The van der Waals surface area contributed by atoms with Crippen LogP contribution in [0, 0.1) is 0 Å². The summed E-state index contributed by atoms with van der Waals surface area (Å²) in [5.74, 6) is -0.624. The van der Waals surface area contributed by atoms with Gasteiger partial charge in [0.05, 0.1) is 17.9 Å². The Hall–Kier alpha value is -2.36. The number of benzene rings is 3. The van der Waals surface area contributed by atoms with Crippen molar-refractivity contribution >= 4 is 39.3 Å². The maximum Gasteiger partial charge on any atom is 0.265 e. The minimum absolute atomic E-state index is 0.225. The first-order chi connectivity index (χ1) is 17.5. The molecule has 0 spiro atoms. The first kappa shape index (κ1) is 29.2. The Kier molecular flexibility index (Phi) is 10.6. The number of carbonyl (C=O) groups is 1. The van der Waals surface area contributed by atoms with E-state index < -0.39 is 22.0 Å². The summed E-state index contributed by atoms with van der Waals surface area (Å²) in [5.41, 5.74) is 4.34. The molecule has 3 rings (SSSR count). The fraction of sp³-hybridized carbons (Fsp3) is 0.321. The average molecular weight is 561 g/mol. The molecule has 0 radical (unpaired) electrons. The van der Waals surface area contributed by atoms with Crippen molar-refractivity contribution in [3.05, 3.63) is 88.4 Å². The maximum atomic E-state index is 12.5. The molecule has 1 amide bonds. The van der Waals surface area contributed by atoms with E-state index in [2.05, 4.69) is 34.3 Å². The molecular formula is C28H33ClN2O4S2. The third-order valence-corrected chi connectivity index (χ3v) is 7.40. The lowest BCUT2D eigenvalue weighted by molar-refractivity contribution is 0.0979. The lowest BCUT2D eigenvalue weighted by Gasteiger charge is -2.14. The van der Waals surface area contributed by atoms with Gasteiger partial charge in [-0.2, -0.15) is 0 Å². The highest BCUT2D eigenvalue weighted by Gasteiger charge is 2.17. The molecule has 1 atom stereocenters. The van der Waals surface area contributed by atoms with Crippen LogP contribution in [-0.4, -0.2) is 44.0 Å². The van der Waals surface area contributed by atoms with Gasteiger partial charge in [-0.25, -0.2) is 13.1 Å². The van der Waals surface area contributed by atoms with Gasteiger partial charge in [0, 0.05) is 21.7 Å². The van der Waals surface area contributed by atoms with Crippen LogP contribution >= 0.6 is 23.4 Å². The molecule has 0 aliphatic rings. The van der Waals surface area contributed by atoms with Crippen LogP contribution in [0.2, 0.25) is 5.02 Å². The summed E-state index contributed by atoms with van der Waals surface area (Å²) in [6.07, 6.45) is 2.21. The molecule has 0 heterocycles. The first-order valence-electron chi connectivity index (χ1n) is 12.1. The second-order valence-corrected chi connectivity index (χ2v) is 13.0. The Morgan fingerprint density at radius 3 is 2.38 bits per heavy atom. The van der Waals surface area contributed by atoms with Gasteiger partial charge >= 0.3 is 0 Å². The van der Waals surface area contributed by atoms with Gasteiger partial charge in [-0.3, -0.25) is 4.79 Å². The van der Waals surface area contributed by atoms with Crippen molar-refractivity contribution in [1.82, 2.24) is 10.0 Å². The fourth-order valence-corrected chi connectivity index (χ4v) is 5.45. The summed E-state index contributed by atoms with van der Waals surface area (Å²) in [6, 6.07) is 21.0. The molecule has 0 bridgehead atoms. The molecule has 3 aromatic rings. The van der Waals surface area contributed by atoms with Gasteiger partial charge in [-0.05, 0) is 65.9 Å². The van der Waals surface area contributed by atoms with E-state index in [0.717, 1.165) is 47.2 Å². The Morgan fingerprint density at radius 2 is 1.73 bits per heavy atom. The molecule has 198 valence electrons. The van der Waals surface area contributed by atoms with E-state index in [1.54, 1.807) is 18.2 Å². The molecule has 3 N–H and O–H groups in total. The summed E-state index contributed by atoms with van der Waals surface area (Å²) in [7, 11) is -3.64. The molecule has 0 unspecified atom stereocenters. The normalized spacial score (nSPS) is 12.5. The quantitative estimate of drug-likeness (QED) is 0.201. The lowest BCUT2D eigenvalue weighted by Crippen LogP contribution is -2.29. The van der Waals surface area contributed by atoms with E-state index in [1.807, 2.05) is 38.1 Å². The predicted molar refractivity (Wildman–Crippen MR) is 153 cm³/mol. The monoisotopic (exact) mass is 560 g/mol. The maximum absolute atomic E-state index is 12.5. The number of carbonyl (C=O) groups excluding carboxylic acids is 1. The summed E-state index contributed by atoms with van der Waals surface area (Å²) in [6.45, 7) is 5.30. The van der Waals surface area contributed by atoms with E-state index in [1.165, 1.54) is 17.3 Å². The molecule has 0 aliphatic heterocycles. The predicted octanol–water partition coefficient (Wildman–Crippen LogP) is 5.45. The first-order valence-corrected chi connectivity index (χ1v) is 15.2. The number of aryl methyl sites for hydroxylation is 1. The van der Waals surface area contributed by atoms with E-state index >= 15 is 0 Å². The van der Waals surface area contributed by atoms with Crippen LogP contribution in [0.25, 0.3) is 11.1 Å². The number of aliphatic hydroxyl groups is 1. The van der Waals surface area contributed by atoms with Crippen molar-refractivity contribution in [3.63, 3.8) is 0 Å². The standard InChI is InChI=1S/C28H33ClN2O4S2/c1-19(2)36-27-17-22(13-14-25(27)28(33)31-37(3,34)35)21-11-9-20(10-12-21)6-5-15-30-18-26(32)23-7-4-8-24(29)16-23/h4,7-14,16-17,19,26,30,32H,5-6,15,18H2,1-3H3,(H,31,33)/t26-/m0/s1. The number of aliphatic hydroxyl groups excluding tert-OH is 1. The molecule has 0 saturated carbocycles. The lowest BCUT2D eigenvalue weighted by atomic mass is 10.0. The van der Waals surface area contributed by atoms with Crippen LogP contribution in [0.3, 0.4) is 0 Å². The van der Waals surface area contributed by atoms with Crippen LogP contribution in [0.5, 0.6) is 0 Å². The van der Waals surface area contributed by atoms with Gasteiger partial charge in [0.1, 0.15) is 0 Å². The van der Waals surface area contributed by atoms with Crippen LogP contribution in [-0.2, 0) is 16.4 Å². The highest BCUT2D eigenvalue weighted by Crippen LogP contribution is 2.32. The fourth-order valence-electron chi connectivity index (χ4n) is 3.82. The molecule has 3 aromatic carbocycles. The number of rotatable bonds is 12. The van der Waals surface area contributed by atoms with Crippen molar-refractivity contribution < 1.29 is 18.3 Å². The molecular weight excluding hydrogens is 528 g/mol. The number of nitrogens with one attached hydrogen (secondary N) is 2. The van der Waals surface area contributed by atoms with Crippen molar-refractivity contribution in [2.45, 2.75) is 42.9 Å². The average Bonchev–Trinajstić information content (AvgIpc) is 2.82. The highest BCUT2D eigenvalue weighted by atomic mass is 35.5. The minimum Gasteiger partial charge on any atom is -0.387 e.